The number of carbonyl (C=O) groups is 2. The number of halogens is 6. The number of thioether (sulfide) groups is 1. The summed E-state index contributed by atoms with van der Waals surface area (Å²) in [7, 11) is -3.83. The van der Waals surface area contributed by atoms with Gasteiger partial charge in [0.05, 0.1) is 6.26 Å². The first-order valence-electron chi connectivity index (χ1n) is 10.3. The molecule has 0 atom stereocenters. The van der Waals surface area contributed by atoms with Crippen LogP contribution in [-0.4, -0.2) is 96.5 Å². The van der Waals surface area contributed by atoms with Crippen LogP contribution in [0.15, 0.2) is 39.6 Å². The molecule has 0 saturated carbocycles. The Bertz CT molecular complexity index is 1160. The zero-order valence-electron chi connectivity index (χ0n) is 20.3. The van der Waals surface area contributed by atoms with Crippen molar-refractivity contribution >= 4 is 51.5 Å². The van der Waals surface area contributed by atoms with Crippen molar-refractivity contribution in [3.05, 3.63) is 24.4 Å². The lowest BCUT2D eigenvalue weighted by molar-refractivity contribution is -0.134. The fourth-order valence-electron chi connectivity index (χ4n) is 1.88. The maximum absolute atomic E-state index is 12.3. The van der Waals surface area contributed by atoms with Crippen LogP contribution in [-0.2, 0) is 19.6 Å². The number of aliphatic imine (C=N–C) groups is 2. The van der Waals surface area contributed by atoms with E-state index in [1.165, 1.54) is 12.3 Å². The van der Waals surface area contributed by atoms with Crippen LogP contribution in [0.25, 0.3) is 0 Å². The summed E-state index contributed by atoms with van der Waals surface area (Å²) in [6.45, 7) is -2.93. The maximum Gasteiger partial charge on any atom is 0.408 e. The van der Waals surface area contributed by atoms with Crippen LogP contribution in [0.5, 0.6) is 0 Å². The molecule has 1 heterocycles. The number of carboxylic acid groups (broad SMARTS) is 2. The largest absolute Gasteiger partial charge is 0.478 e. The van der Waals surface area contributed by atoms with Crippen molar-refractivity contribution in [2.45, 2.75) is 23.9 Å². The van der Waals surface area contributed by atoms with E-state index in [1.807, 2.05) is 4.72 Å². The van der Waals surface area contributed by atoms with Crippen molar-refractivity contribution < 1.29 is 54.6 Å². The Kier molecular flexibility index (Phi) is 15.4. The van der Waals surface area contributed by atoms with E-state index < -0.39 is 59.3 Å². The number of nitrogens with two attached hydrogens (primary N) is 1. The highest BCUT2D eigenvalue weighted by Gasteiger charge is 2.27. The zero-order chi connectivity index (χ0) is 31.0. The van der Waals surface area contributed by atoms with E-state index in [2.05, 4.69) is 30.6 Å². The molecule has 1 aromatic heterocycles. The van der Waals surface area contributed by atoms with Crippen molar-refractivity contribution in [3.63, 3.8) is 0 Å². The molecule has 0 amide bonds. The molecule has 0 unspecified atom stereocenters. The van der Waals surface area contributed by atoms with E-state index >= 15 is 0 Å². The van der Waals surface area contributed by atoms with Crippen molar-refractivity contribution in [1.82, 2.24) is 20.0 Å². The second-order valence-corrected chi connectivity index (χ2v) is 9.77. The van der Waals surface area contributed by atoms with Crippen LogP contribution >= 0.6 is 11.8 Å². The second-order valence-electron chi connectivity index (χ2n) is 6.96. The minimum Gasteiger partial charge on any atom is -0.478 e. The molecule has 0 aliphatic heterocycles. The first-order chi connectivity index (χ1) is 18.3. The SMILES string of the molecule is CS(=O)(=O)NC(=NCC(F)(F)F)NCCCSc1nccc(NC(N)=NCC(F)(F)F)n1.O=C(O)C=CC(=O)O. The highest BCUT2D eigenvalue weighted by Crippen LogP contribution is 2.17. The second kappa shape index (κ2) is 17.0. The van der Waals surface area contributed by atoms with Gasteiger partial charge < -0.3 is 26.6 Å². The molecule has 0 aliphatic carbocycles. The van der Waals surface area contributed by atoms with Gasteiger partial charge in [-0.15, -0.1) is 0 Å². The van der Waals surface area contributed by atoms with Crippen LogP contribution in [0, 0.1) is 0 Å². The van der Waals surface area contributed by atoms with Crippen molar-refractivity contribution in [3.8, 4) is 0 Å². The van der Waals surface area contributed by atoms with Crippen LogP contribution in [0.3, 0.4) is 0 Å². The Labute approximate surface area is 227 Å². The molecule has 0 saturated heterocycles. The number of nitrogens with zero attached hydrogens (tertiary/aromatic N) is 4. The van der Waals surface area contributed by atoms with Gasteiger partial charge in [-0.25, -0.2) is 38.0 Å². The van der Waals surface area contributed by atoms with Crippen LogP contribution in [0.4, 0.5) is 32.2 Å². The van der Waals surface area contributed by atoms with E-state index in [4.69, 9.17) is 15.9 Å². The van der Waals surface area contributed by atoms with E-state index in [0.29, 0.717) is 24.3 Å². The molecule has 14 nitrogen and oxygen atoms in total. The molecule has 0 fully saturated rings. The molecule has 22 heteroatoms. The molecule has 40 heavy (non-hydrogen) atoms. The number of nitrogens with one attached hydrogen (secondary N) is 3. The van der Waals surface area contributed by atoms with Gasteiger partial charge in [0.25, 0.3) is 0 Å². The van der Waals surface area contributed by atoms with Gasteiger partial charge in [0.1, 0.15) is 18.9 Å². The smallest absolute Gasteiger partial charge is 0.408 e. The molecule has 0 aliphatic rings. The lowest BCUT2D eigenvalue weighted by atomic mass is 10.5. The number of alkyl halides is 6. The monoisotopic (exact) mass is 626 g/mol. The molecule has 7 N–H and O–H groups in total. The first-order valence-corrected chi connectivity index (χ1v) is 13.2. The van der Waals surface area contributed by atoms with Gasteiger partial charge in [0.2, 0.25) is 16.0 Å². The summed E-state index contributed by atoms with van der Waals surface area (Å²) in [4.78, 5) is 33.4. The van der Waals surface area contributed by atoms with E-state index in [-0.39, 0.29) is 17.5 Å². The van der Waals surface area contributed by atoms with Crippen LogP contribution in [0.2, 0.25) is 0 Å². The predicted molar refractivity (Wildman–Crippen MR) is 132 cm³/mol. The summed E-state index contributed by atoms with van der Waals surface area (Å²) >= 11 is 1.14. The highest BCUT2D eigenvalue weighted by atomic mass is 32.2. The summed E-state index contributed by atoms with van der Waals surface area (Å²) in [5.41, 5.74) is 5.36. The summed E-state index contributed by atoms with van der Waals surface area (Å²) in [6, 6.07) is 1.36. The van der Waals surface area contributed by atoms with Crippen molar-refractivity contribution in [2.24, 2.45) is 15.7 Å². The number of anilines is 1. The van der Waals surface area contributed by atoms with Gasteiger partial charge in [-0.05, 0) is 12.5 Å². The number of guanidine groups is 2. The normalized spacial score (nSPS) is 12.9. The van der Waals surface area contributed by atoms with Crippen molar-refractivity contribution in [2.75, 3.05) is 37.0 Å². The average molecular weight is 627 g/mol. The molecule has 1 rings (SSSR count). The number of rotatable bonds is 11. The predicted octanol–water partition coefficient (Wildman–Crippen LogP) is 1.02. The van der Waals surface area contributed by atoms with Crippen LogP contribution < -0.4 is 21.1 Å². The van der Waals surface area contributed by atoms with Gasteiger partial charge in [-0.3, -0.25) is 4.72 Å². The zero-order valence-corrected chi connectivity index (χ0v) is 22.0. The van der Waals surface area contributed by atoms with Gasteiger partial charge in [-0.2, -0.15) is 26.3 Å². The number of hydrogen-bond acceptors (Lipinski definition) is 9. The molecule has 0 spiro atoms. The quantitative estimate of drug-likeness (QED) is 0.0385. The summed E-state index contributed by atoms with van der Waals surface area (Å²) < 4.78 is 97.6. The van der Waals surface area contributed by atoms with E-state index in [0.717, 1.165) is 18.0 Å². The Morgan fingerprint density at radius 3 is 2.12 bits per heavy atom. The number of carboxylic acids is 2. The molecular weight excluding hydrogens is 602 g/mol. The van der Waals surface area contributed by atoms with Gasteiger partial charge in [0, 0.05) is 30.6 Å². The lowest BCUT2D eigenvalue weighted by Gasteiger charge is -2.12. The molecule has 1 aromatic rings. The minimum atomic E-state index is -4.60. The Morgan fingerprint density at radius 2 is 1.62 bits per heavy atom. The van der Waals surface area contributed by atoms with Gasteiger partial charge >= 0.3 is 24.3 Å². The molecule has 226 valence electrons. The van der Waals surface area contributed by atoms with E-state index in [1.54, 1.807) is 0 Å². The molecule has 0 radical (unpaired) electrons. The Morgan fingerprint density at radius 1 is 1.07 bits per heavy atom. The Hall–Kier alpha value is -3.82. The highest BCUT2D eigenvalue weighted by molar-refractivity contribution is 7.99. The standard InChI is InChI=1S/C14H20F6N8O2S2.C4H4O4/c1-32(29,30)28-11(25-8-14(18,19)20)22-4-2-6-31-12-23-5-3-9(27-12)26-10(21)24-7-13(15,16)17;5-3(6)1-2-4(7)8/h3,5H,2,4,6-8H2,1H3,(H2,22,25,28)(H3,21,23,24,26,27);1-2H,(H,5,6)(H,7,8). The van der Waals surface area contributed by atoms with Crippen molar-refractivity contribution in [1.29, 1.82) is 0 Å². The summed E-state index contributed by atoms with van der Waals surface area (Å²) in [6.07, 6.45) is -5.51. The fraction of sp³-hybridized carbons (Fsp3) is 0.444. The van der Waals surface area contributed by atoms with Gasteiger partial charge in [0.15, 0.2) is 11.1 Å². The first kappa shape index (κ1) is 36.2. The van der Waals surface area contributed by atoms with E-state index in [9.17, 15) is 44.3 Å². The molecular formula is C18H24F6N8O6S2. The molecule has 0 bridgehead atoms. The number of aliphatic carboxylic acids is 2. The van der Waals surface area contributed by atoms with Crippen LogP contribution in [0.1, 0.15) is 6.42 Å². The third-order valence-corrected chi connectivity index (χ3v) is 4.74. The molecule has 0 aromatic carbocycles. The summed E-state index contributed by atoms with van der Waals surface area (Å²) in [5, 5.41) is 20.7. The Balaban J connectivity index is 0.00000165. The third-order valence-electron chi connectivity index (χ3n) is 3.23. The summed E-state index contributed by atoms with van der Waals surface area (Å²) in [5.74, 6) is -3.04. The lowest BCUT2D eigenvalue weighted by Crippen LogP contribution is -2.41. The number of sulfonamides is 1. The minimum absolute atomic E-state index is 0.0845. The maximum atomic E-state index is 12.3. The number of aromatic nitrogens is 2. The topological polar surface area (TPSA) is 221 Å². The average Bonchev–Trinajstić information content (AvgIpc) is 2.78. The third kappa shape index (κ3) is 23.3. The fourth-order valence-corrected chi connectivity index (χ4v) is 3.14. The van der Waals surface area contributed by atoms with Gasteiger partial charge in [-0.1, -0.05) is 11.8 Å². The number of hydrogen-bond donors (Lipinski definition) is 6.